The first-order chi connectivity index (χ1) is 9.05. The molecule has 4 unspecified atom stereocenters. The van der Waals surface area contributed by atoms with Crippen molar-refractivity contribution in [2.45, 2.75) is 57.9 Å². The summed E-state index contributed by atoms with van der Waals surface area (Å²) in [5, 5.41) is 3.50. The molecule has 3 nitrogen and oxygen atoms in total. The van der Waals surface area contributed by atoms with Crippen molar-refractivity contribution in [2.24, 2.45) is 17.8 Å². The molecule has 0 bridgehead atoms. The number of sulfone groups is 1. The van der Waals surface area contributed by atoms with E-state index in [1.54, 1.807) is 0 Å². The Bertz CT molecular complexity index is 380. The summed E-state index contributed by atoms with van der Waals surface area (Å²) in [4.78, 5) is 0. The first-order valence-corrected chi connectivity index (χ1v) is 9.75. The molecule has 4 heteroatoms. The van der Waals surface area contributed by atoms with Gasteiger partial charge in [-0.05, 0) is 44.1 Å². The third-order valence-electron chi connectivity index (χ3n) is 5.29. The SMILES string of the molecule is CCC1CCCCC1C(CC1CCS(=O)(=O)C1)NC. The van der Waals surface area contributed by atoms with Crippen LogP contribution in [-0.2, 0) is 9.84 Å². The van der Waals surface area contributed by atoms with Gasteiger partial charge in [-0.15, -0.1) is 0 Å². The molecular weight excluding hydrogens is 258 g/mol. The Morgan fingerprint density at radius 1 is 1.21 bits per heavy atom. The molecule has 0 aromatic rings. The van der Waals surface area contributed by atoms with Gasteiger partial charge in [-0.25, -0.2) is 8.42 Å². The summed E-state index contributed by atoms with van der Waals surface area (Å²) in [5.41, 5.74) is 0. The van der Waals surface area contributed by atoms with E-state index in [0.717, 1.165) is 24.7 Å². The lowest BCUT2D eigenvalue weighted by Gasteiger charge is -2.37. The molecule has 2 rings (SSSR count). The molecule has 1 saturated carbocycles. The fraction of sp³-hybridized carbons (Fsp3) is 1.00. The molecule has 19 heavy (non-hydrogen) atoms. The van der Waals surface area contributed by atoms with Crippen LogP contribution in [0.4, 0.5) is 0 Å². The molecule has 4 atom stereocenters. The van der Waals surface area contributed by atoms with Crippen LogP contribution < -0.4 is 5.32 Å². The van der Waals surface area contributed by atoms with Gasteiger partial charge in [-0.3, -0.25) is 0 Å². The summed E-state index contributed by atoms with van der Waals surface area (Å²) >= 11 is 0. The highest BCUT2D eigenvalue weighted by atomic mass is 32.2. The highest BCUT2D eigenvalue weighted by Gasteiger charge is 2.34. The molecule has 1 aliphatic heterocycles. The minimum atomic E-state index is -2.73. The zero-order valence-electron chi connectivity index (χ0n) is 12.4. The fourth-order valence-electron chi connectivity index (χ4n) is 4.20. The van der Waals surface area contributed by atoms with Gasteiger partial charge in [0.2, 0.25) is 0 Å². The molecule has 0 aromatic carbocycles. The first-order valence-electron chi connectivity index (χ1n) is 7.93. The number of hydrogen-bond donors (Lipinski definition) is 1. The topological polar surface area (TPSA) is 46.2 Å². The summed E-state index contributed by atoms with van der Waals surface area (Å²) in [6, 6.07) is 0.517. The molecule has 1 heterocycles. The van der Waals surface area contributed by atoms with Gasteiger partial charge >= 0.3 is 0 Å². The second-order valence-electron chi connectivity index (χ2n) is 6.52. The maximum Gasteiger partial charge on any atom is 0.150 e. The highest BCUT2D eigenvalue weighted by Crippen LogP contribution is 2.37. The van der Waals surface area contributed by atoms with Crippen molar-refractivity contribution >= 4 is 9.84 Å². The zero-order chi connectivity index (χ0) is 13.9. The largest absolute Gasteiger partial charge is 0.317 e. The van der Waals surface area contributed by atoms with E-state index in [4.69, 9.17) is 0 Å². The average molecular weight is 287 g/mol. The molecular formula is C15H29NO2S. The van der Waals surface area contributed by atoms with E-state index in [2.05, 4.69) is 19.3 Å². The van der Waals surface area contributed by atoms with Gasteiger partial charge in [0.05, 0.1) is 11.5 Å². The van der Waals surface area contributed by atoms with Crippen molar-refractivity contribution in [2.75, 3.05) is 18.6 Å². The number of hydrogen-bond acceptors (Lipinski definition) is 3. The lowest BCUT2D eigenvalue weighted by Crippen LogP contribution is -2.40. The Kier molecular flexibility index (Phi) is 5.29. The van der Waals surface area contributed by atoms with Gasteiger partial charge in [0.15, 0.2) is 9.84 Å². The molecule has 0 radical (unpaired) electrons. The van der Waals surface area contributed by atoms with Gasteiger partial charge in [-0.2, -0.15) is 0 Å². The highest BCUT2D eigenvalue weighted by molar-refractivity contribution is 7.91. The van der Waals surface area contributed by atoms with Crippen LogP contribution in [0.2, 0.25) is 0 Å². The van der Waals surface area contributed by atoms with Crippen LogP contribution in [-0.4, -0.2) is 33.0 Å². The van der Waals surface area contributed by atoms with Gasteiger partial charge in [-0.1, -0.05) is 32.6 Å². The van der Waals surface area contributed by atoms with Gasteiger partial charge in [0.25, 0.3) is 0 Å². The lowest BCUT2D eigenvalue weighted by atomic mass is 9.72. The second kappa shape index (κ2) is 6.57. The number of rotatable bonds is 5. The van der Waals surface area contributed by atoms with Crippen molar-refractivity contribution in [1.29, 1.82) is 0 Å². The predicted octanol–water partition coefficient (Wildman–Crippen LogP) is 2.62. The molecule has 0 amide bonds. The van der Waals surface area contributed by atoms with Crippen LogP contribution in [0.1, 0.15) is 51.9 Å². The van der Waals surface area contributed by atoms with E-state index >= 15 is 0 Å². The average Bonchev–Trinajstić information content (AvgIpc) is 2.75. The van der Waals surface area contributed by atoms with Crippen LogP contribution in [0.25, 0.3) is 0 Å². The van der Waals surface area contributed by atoms with E-state index < -0.39 is 9.84 Å². The fourth-order valence-corrected chi connectivity index (χ4v) is 6.08. The standard InChI is InChI=1S/C15H29NO2S/c1-3-13-6-4-5-7-14(13)15(16-2)10-12-8-9-19(17,18)11-12/h12-16H,3-11H2,1-2H3. The Balaban J connectivity index is 1.95. The summed E-state index contributed by atoms with van der Waals surface area (Å²) in [5.74, 6) is 2.82. The maximum atomic E-state index is 11.6. The van der Waals surface area contributed by atoms with Crippen LogP contribution >= 0.6 is 0 Å². The van der Waals surface area contributed by atoms with Crippen molar-refractivity contribution in [3.63, 3.8) is 0 Å². The molecule has 1 saturated heterocycles. The molecule has 2 aliphatic rings. The van der Waals surface area contributed by atoms with Crippen LogP contribution in [0.5, 0.6) is 0 Å². The summed E-state index contributed by atoms with van der Waals surface area (Å²) in [7, 11) is -0.676. The van der Waals surface area contributed by atoms with E-state index in [1.807, 2.05) is 0 Å². The minimum absolute atomic E-state index is 0.391. The third-order valence-corrected chi connectivity index (χ3v) is 7.13. The van der Waals surface area contributed by atoms with E-state index in [0.29, 0.717) is 23.5 Å². The van der Waals surface area contributed by atoms with Crippen LogP contribution in [0, 0.1) is 17.8 Å². The van der Waals surface area contributed by atoms with Crippen molar-refractivity contribution in [3.05, 3.63) is 0 Å². The Hall–Kier alpha value is -0.0900. The summed E-state index contributed by atoms with van der Waals surface area (Å²) < 4.78 is 23.2. The van der Waals surface area contributed by atoms with Crippen molar-refractivity contribution in [1.82, 2.24) is 5.32 Å². The zero-order valence-corrected chi connectivity index (χ0v) is 13.2. The molecule has 2 fully saturated rings. The van der Waals surface area contributed by atoms with Gasteiger partial charge in [0, 0.05) is 6.04 Å². The van der Waals surface area contributed by atoms with Crippen molar-refractivity contribution in [3.8, 4) is 0 Å². The molecule has 1 aliphatic carbocycles. The number of nitrogens with one attached hydrogen (secondary N) is 1. The van der Waals surface area contributed by atoms with E-state index in [9.17, 15) is 8.42 Å². The monoisotopic (exact) mass is 287 g/mol. The van der Waals surface area contributed by atoms with E-state index in [1.165, 1.54) is 32.1 Å². The normalized spacial score (nSPS) is 36.2. The van der Waals surface area contributed by atoms with Crippen molar-refractivity contribution < 1.29 is 8.42 Å². The molecule has 0 spiro atoms. The Morgan fingerprint density at radius 3 is 2.53 bits per heavy atom. The Labute approximate surface area is 118 Å². The lowest BCUT2D eigenvalue weighted by molar-refractivity contribution is 0.164. The first kappa shape index (κ1) is 15.3. The predicted molar refractivity (Wildman–Crippen MR) is 80.0 cm³/mol. The summed E-state index contributed by atoms with van der Waals surface area (Å²) in [6.45, 7) is 2.30. The smallest absolute Gasteiger partial charge is 0.150 e. The van der Waals surface area contributed by atoms with Crippen LogP contribution in [0.3, 0.4) is 0 Å². The second-order valence-corrected chi connectivity index (χ2v) is 8.75. The summed E-state index contributed by atoms with van der Waals surface area (Å²) in [6.07, 6.45) is 8.62. The van der Waals surface area contributed by atoms with E-state index in [-0.39, 0.29) is 0 Å². The van der Waals surface area contributed by atoms with Crippen LogP contribution in [0.15, 0.2) is 0 Å². The quantitative estimate of drug-likeness (QED) is 0.845. The van der Waals surface area contributed by atoms with Gasteiger partial charge in [0.1, 0.15) is 0 Å². The maximum absolute atomic E-state index is 11.6. The molecule has 0 aromatic heterocycles. The minimum Gasteiger partial charge on any atom is -0.317 e. The van der Waals surface area contributed by atoms with Gasteiger partial charge < -0.3 is 5.32 Å². The third kappa shape index (κ3) is 3.94. The molecule has 112 valence electrons. The molecule has 1 N–H and O–H groups in total. The Morgan fingerprint density at radius 2 is 1.95 bits per heavy atom.